The Labute approximate surface area is 99.1 Å². The summed E-state index contributed by atoms with van der Waals surface area (Å²) < 4.78 is 1.73. The largest absolute Gasteiger partial charge is 0.347 e. The van der Waals surface area contributed by atoms with Crippen molar-refractivity contribution in [2.75, 3.05) is 0 Å². The van der Waals surface area contributed by atoms with E-state index < -0.39 is 0 Å². The molecule has 6 heteroatoms. The van der Waals surface area contributed by atoms with Crippen LogP contribution in [0, 0.1) is 0 Å². The fourth-order valence-electron chi connectivity index (χ4n) is 1.55. The van der Waals surface area contributed by atoms with Crippen LogP contribution in [0.3, 0.4) is 0 Å². The number of nitrogens with one attached hydrogen (secondary N) is 2. The lowest BCUT2D eigenvalue weighted by Crippen LogP contribution is -2.28. The van der Waals surface area contributed by atoms with E-state index >= 15 is 0 Å². The van der Waals surface area contributed by atoms with E-state index in [-0.39, 0.29) is 11.9 Å². The zero-order valence-electron chi connectivity index (χ0n) is 9.63. The molecule has 0 aliphatic rings. The summed E-state index contributed by atoms with van der Waals surface area (Å²) in [5.74, 6) is 0.752. The molecule has 0 bridgehead atoms. The Morgan fingerprint density at radius 1 is 1.59 bits per heavy atom. The molecular weight excluding hydrogens is 218 g/mol. The molecule has 2 aromatic rings. The zero-order chi connectivity index (χ0) is 12.1. The number of aromatic amines is 1. The van der Waals surface area contributed by atoms with Crippen LogP contribution in [0.4, 0.5) is 0 Å². The maximum atomic E-state index is 11.6. The molecule has 1 atom stereocenters. The summed E-state index contributed by atoms with van der Waals surface area (Å²) in [6, 6.07) is 1.73. The number of hydrogen-bond donors (Lipinski definition) is 2. The van der Waals surface area contributed by atoms with Crippen molar-refractivity contribution in [2.45, 2.75) is 25.9 Å². The highest BCUT2D eigenvalue weighted by atomic mass is 16.1. The van der Waals surface area contributed by atoms with Gasteiger partial charge in [0.2, 0.25) is 5.91 Å². The van der Waals surface area contributed by atoms with Crippen molar-refractivity contribution < 1.29 is 4.79 Å². The molecule has 2 rings (SSSR count). The van der Waals surface area contributed by atoms with Crippen LogP contribution in [0.25, 0.3) is 0 Å². The Bertz CT molecular complexity index is 448. The van der Waals surface area contributed by atoms with E-state index in [0.717, 1.165) is 5.82 Å². The normalized spacial score (nSPS) is 12.3. The second kappa shape index (κ2) is 5.29. The van der Waals surface area contributed by atoms with Crippen molar-refractivity contribution in [3.8, 4) is 0 Å². The lowest BCUT2D eigenvalue weighted by atomic mass is 10.3. The molecule has 0 saturated carbocycles. The number of amides is 1. The highest BCUT2D eigenvalue weighted by molar-refractivity contribution is 5.76. The van der Waals surface area contributed by atoms with Crippen LogP contribution in [0.2, 0.25) is 0 Å². The van der Waals surface area contributed by atoms with Gasteiger partial charge in [-0.1, -0.05) is 0 Å². The van der Waals surface area contributed by atoms with Gasteiger partial charge in [0.05, 0.1) is 6.04 Å². The Balaban J connectivity index is 1.77. The molecule has 0 aromatic carbocycles. The summed E-state index contributed by atoms with van der Waals surface area (Å²) in [7, 11) is 0. The van der Waals surface area contributed by atoms with Crippen LogP contribution in [0.1, 0.15) is 25.2 Å². The van der Waals surface area contributed by atoms with Gasteiger partial charge >= 0.3 is 0 Å². The average Bonchev–Trinajstić information content (AvgIpc) is 2.99. The van der Waals surface area contributed by atoms with Crippen molar-refractivity contribution >= 4 is 5.91 Å². The molecule has 6 nitrogen and oxygen atoms in total. The number of aryl methyl sites for hydroxylation is 1. The minimum Gasteiger partial charge on any atom is -0.347 e. The Morgan fingerprint density at radius 2 is 2.47 bits per heavy atom. The summed E-state index contributed by atoms with van der Waals surface area (Å²) in [6.45, 7) is 2.48. The van der Waals surface area contributed by atoms with E-state index in [0.29, 0.717) is 13.0 Å². The Hall–Kier alpha value is -2.11. The van der Waals surface area contributed by atoms with Crippen LogP contribution in [-0.4, -0.2) is 25.7 Å². The van der Waals surface area contributed by atoms with Gasteiger partial charge in [-0.25, -0.2) is 4.98 Å². The molecule has 0 aliphatic carbocycles. The first-order valence-electron chi connectivity index (χ1n) is 5.52. The number of aromatic nitrogens is 4. The predicted molar refractivity (Wildman–Crippen MR) is 62.0 cm³/mol. The van der Waals surface area contributed by atoms with Crippen molar-refractivity contribution in [3.05, 3.63) is 36.7 Å². The van der Waals surface area contributed by atoms with Gasteiger partial charge in [-0.05, 0) is 13.0 Å². The van der Waals surface area contributed by atoms with E-state index in [2.05, 4.69) is 20.4 Å². The highest BCUT2D eigenvalue weighted by Gasteiger charge is 2.10. The lowest BCUT2D eigenvalue weighted by Gasteiger charge is -2.11. The number of nitrogens with zero attached hydrogens (tertiary/aromatic N) is 3. The van der Waals surface area contributed by atoms with Crippen molar-refractivity contribution in [1.82, 2.24) is 25.1 Å². The first-order valence-corrected chi connectivity index (χ1v) is 5.52. The van der Waals surface area contributed by atoms with Crippen LogP contribution in [0.5, 0.6) is 0 Å². The summed E-state index contributed by atoms with van der Waals surface area (Å²) >= 11 is 0. The summed E-state index contributed by atoms with van der Waals surface area (Å²) in [5.41, 5.74) is 0. The molecule has 2 N–H and O–H groups in total. The van der Waals surface area contributed by atoms with Crippen LogP contribution in [-0.2, 0) is 11.3 Å². The third-order valence-electron chi connectivity index (χ3n) is 2.43. The first kappa shape index (κ1) is 11.4. The molecule has 0 radical (unpaired) electrons. The van der Waals surface area contributed by atoms with Gasteiger partial charge in [0.25, 0.3) is 0 Å². The van der Waals surface area contributed by atoms with Crippen molar-refractivity contribution in [2.24, 2.45) is 0 Å². The van der Waals surface area contributed by atoms with E-state index in [1.165, 1.54) is 0 Å². The molecule has 2 aromatic heterocycles. The van der Waals surface area contributed by atoms with Gasteiger partial charge < -0.3 is 10.3 Å². The topological polar surface area (TPSA) is 75.6 Å². The minimum absolute atomic E-state index is 0.00981. The maximum Gasteiger partial charge on any atom is 0.222 e. The highest BCUT2D eigenvalue weighted by Crippen LogP contribution is 2.05. The molecule has 0 saturated heterocycles. The minimum atomic E-state index is -0.102. The Kier molecular flexibility index (Phi) is 3.54. The SMILES string of the molecule is CC(NC(=O)CCn1cccn1)c1ncc[nH]1. The van der Waals surface area contributed by atoms with E-state index in [1.54, 1.807) is 23.3 Å². The van der Waals surface area contributed by atoms with E-state index in [1.807, 2.05) is 19.2 Å². The quantitative estimate of drug-likeness (QED) is 0.804. The number of hydrogen-bond acceptors (Lipinski definition) is 3. The number of H-pyrrole nitrogens is 1. The van der Waals surface area contributed by atoms with E-state index in [4.69, 9.17) is 0 Å². The molecule has 1 unspecified atom stereocenters. The first-order chi connectivity index (χ1) is 8.25. The predicted octanol–water partition coefficient (Wildman–Crippen LogP) is 0.874. The van der Waals surface area contributed by atoms with Gasteiger partial charge in [-0.2, -0.15) is 5.10 Å². The average molecular weight is 233 g/mol. The second-order valence-electron chi connectivity index (χ2n) is 3.78. The number of imidazole rings is 1. The fourth-order valence-corrected chi connectivity index (χ4v) is 1.55. The van der Waals surface area contributed by atoms with Crippen molar-refractivity contribution in [3.63, 3.8) is 0 Å². The molecule has 0 aliphatic heterocycles. The molecule has 1 amide bonds. The van der Waals surface area contributed by atoms with Crippen LogP contribution >= 0.6 is 0 Å². The number of rotatable bonds is 5. The van der Waals surface area contributed by atoms with Gasteiger partial charge in [0.1, 0.15) is 5.82 Å². The lowest BCUT2D eigenvalue weighted by molar-refractivity contribution is -0.122. The molecule has 17 heavy (non-hydrogen) atoms. The van der Waals surface area contributed by atoms with Crippen LogP contribution < -0.4 is 5.32 Å². The van der Waals surface area contributed by atoms with E-state index in [9.17, 15) is 4.79 Å². The van der Waals surface area contributed by atoms with Gasteiger partial charge in [0.15, 0.2) is 0 Å². The second-order valence-corrected chi connectivity index (χ2v) is 3.78. The van der Waals surface area contributed by atoms with Crippen LogP contribution in [0.15, 0.2) is 30.9 Å². The van der Waals surface area contributed by atoms with Crippen molar-refractivity contribution in [1.29, 1.82) is 0 Å². The molecule has 0 spiro atoms. The maximum absolute atomic E-state index is 11.6. The third kappa shape index (κ3) is 3.17. The summed E-state index contributed by atoms with van der Waals surface area (Å²) in [6.07, 6.45) is 7.35. The van der Waals surface area contributed by atoms with Gasteiger partial charge in [0, 0.05) is 37.8 Å². The Morgan fingerprint density at radius 3 is 3.12 bits per heavy atom. The summed E-state index contributed by atoms with van der Waals surface area (Å²) in [5, 5.41) is 6.91. The number of carbonyl (C=O) groups excluding carboxylic acids is 1. The smallest absolute Gasteiger partial charge is 0.222 e. The molecular formula is C11H15N5O. The van der Waals surface area contributed by atoms with Gasteiger partial charge in [-0.3, -0.25) is 9.48 Å². The standard InChI is InChI=1S/C11H15N5O/c1-9(11-12-5-6-13-11)15-10(17)3-8-16-7-2-4-14-16/h2,4-7,9H,3,8H2,1H3,(H,12,13)(H,15,17). The molecule has 2 heterocycles. The fraction of sp³-hybridized carbons (Fsp3) is 0.364. The number of carbonyl (C=O) groups is 1. The molecule has 90 valence electrons. The summed E-state index contributed by atoms with van der Waals surface area (Å²) in [4.78, 5) is 18.7. The monoisotopic (exact) mass is 233 g/mol. The molecule has 0 fully saturated rings. The zero-order valence-corrected chi connectivity index (χ0v) is 9.63. The third-order valence-corrected chi connectivity index (χ3v) is 2.43. The van der Waals surface area contributed by atoms with Gasteiger partial charge in [-0.15, -0.1) is 0 Å².